The largest absolute Gasteiger partial charge is 0.337 e. The van der Waals surface area contributed by atoms with E-state index in [1.807, 2.05) is 19.0 Å². The van der Waals surface area contributed by atoms with Crippen molar-refractivity contribution in [3.05, 3.63) is 11.1 Å². The van der Waals surface area contributed by atoms with Gasteiger partial charge in [0.15, 0.2) is 5.69 Å². The molecule has 126 valence electrons. The molecular formula is C15H23N5O2S. The minimum absolute atomic E-state index is 0.0437. The fourth-order valence-corrected chi connectivity index (χ4v) is 4.03. The van der Waals surface area contributed by atoms with Crippen LogP contribution in [0.1, 0.15) is 36.2 Å². The zero-order valence-electron chi connectivity index (χ0n) is 13.7. The number of likely N-dealkylation sites (tertiary alicyclic amines) is 2. The lowest BCUT2D eigenvalue weighted by atomic mass is 9.85. The van der Waals surface area contributed by atoms with E-state index in [0.717, 1.165) is 32.4 Å². The molecule has 0 aliphatic carbocycles. The van der Waals surface area contributed by atoms with Gasteiger partial charge in [0.1, 0.15) is 0 Å². The lowest BCUT2D eigenvalue weighted by Crippen LogP contribution is -2.55. The van der Waals surface area contributed by atoms with Gasteiger partial charge in [-0.15, -0.1) is 5.10 Å². The summed E-state index contributed by atoms with van der Waals surface area (Å²) in [4.78, 5) is 30.7. The van der Waals surface area contributed by atoms with Crippen molar-refractivity contribution in [3.63, 3.8) is 0 Å². The van der Waals surface area contributed by atoms with Crippen LogP contribution in [0.25, 0.3) is 0 Å². The molecule has 23 heavy (non-hydrogen) atoms. The number of carbonyl (C=O) groups is 2. The van der Waals surface area contributed by atoms with E-state index in [1.165, 1.54) is 11.5 Å². The van der Waals surface area contributed by atoms with E-state index >= 15 is 0 Å². The summed E-state index contributed by atoms with van der Waals surface area (Å²) in [6.45, 7) is 3.01. The topological polar surface area (TPSA) is 69.6 Å². The second kappa shape index (κ2) is 6.52. The molecule has 3 heterocycles. The predicted molar refractivity (Wildman–Crippen MR) is 87.3 cm³/mol. The fourth-order valence-electron chi connectivity index (χ4n) is 3.60. The van der Waals surface area contributed by atoms with Crippen LogP contribution < -0.4 is 0 Å². The second-order valence-electron chi connectivity index (χ2n) is 6.66. The molecule has 2 aliphatic heterocycles. The summed E-state index contributed by atoms with van der Waals surface area (Å²) in [5, 5.41) is 5.55. The monoisotopic (exact) mass is 337 g/mol. The Balaban J connectivity index is 1.64. The normalized spacial score (nSPS) is 20.7. The van der Waals surface area contributed by atoms with Gasteiger partial charge in [0.05, 0.1) is 0 Å². The smallest absolute Gasteiger partial charge is 0.275 e. The quantitative estimate of drug-likeness (QED) is 0.809. The minimum Gasteiger partial charge on any atom is -0.337 e. The molecule has 1 aromatic heterocycles. The van der Waals surface area contributed by atoms with Crippen molar-refractivity contribution in [1.29, 1.82) is 0 Å². The van der Waals surface area contributed by atoms with Crippen molar-refractivity contribution < 1.29 is 9.59 Å². The van der Waals surface area contributed by atoms with Gasteiger partial charge < -0.3 is 14.7 Å². The van der Waals surface area contributed by atoms with E-state index in [4.69, 9.17) is 0 Å². The zero-order chi connectivity index (χ0) is 16.4. The molecule has 0 unspecified atom stereocenters. The van der Waals surface area contributed by atoms with Crippen LogP contribution in [-0.4, -0.2) is 81.9 Å². The maximum Gasteiger partial charge on any atom is 0.275 e. The van der Waals surface area contributed by atoms with Gasteiger partial charge in [-0.25, -0.2) is 0 Å². The first kappa shape index (κ1) is 16.3. The molecule has 0 bridgehead atoms. The summed E-state index contributed by atoms with van der Waals surface area (Å²) in [5.74, 6) is 0.216. The van der Waals surface area contributed by atoms with E-state index in [1.54, 1.807) is 5.38 Å². The number of amides is 2. The molecule has 7 nitrogen and oxygen atoms in total. The Morgan fingerprint density at radius 2 is 2.09 bits per heavy atom. The minimum atomic E-state index is -0.0514. The number of hydrogen-bond acceptors (Lipinski definition) is 6. The Labute approximate surface area is 140 Å². The van der Waals surface area contributed by atoms with Gasteiger partial charge in [-0.3, -0.25) is 9.59 Å². The van der Waals surface area contributed by atoms with E-state index in [-0.39, 0.29) is 17.4 Å². The van der Waals surface area contributed by atoms with Crippen molar-refractivity contribution >= 4 is 23.3 Å². The molecule has 2 amide bonds. The number of nitrogens with zero attached hydrogens (tertiary/aromatic N) is 5. The van der Waals surface area contributed by atoms with Crippen molar-refractivity contribution in [2.75, 3.05) is 40.3 Å². The van der Waals surface area contributed by atoms with Crippen molar-refractivity contribution in [2.45, 2.75) is 31.2 Å². The van der Waals surface area contributed by atoms with Crippen LogP contribution in [0.2, 0.25) is 0 Å². The van der Waals surface area contributed by atoms with Crippen LogP contribution in [-0.2, 0) is 4.79 Å². The van der Waals surface area contributed by atoms with Gasteiger partial charge in [-0.2, -0.15) is 0 Å². The highest BCUT2D eigenvalue weighted by molar-refractivity contribution is 7.03. The third-order valence-electron chi connectivity index (χ3n) is 5.01. The van der Waals surface area contributed by atoms with E-state index in [0.29, 0.717) is 25.2 Å². The first-order valence-electron chi connectivity index (χ1n) is 8.03. The number of hydrogen-bond donors (Lipinski definition) is 0. The Bertz CT molecular complexity index is 566. The predicted octanol–water partition coefficient (Wildman–Crippen LogP) is 0.697. The van der Waals surface area contributed by atoms with Crippen molar-refractivity contribution in [2.24, 2.45) is 0 Å². The molecule has 0 atom stereocenters. The summed E-state index contributed by atoms with van der Waals surface area (Å²) < 4.78 is 3.76. The molecule has 0 saturated carbocycles. The number of rotatable bonds is 4. The van der Waals surface area contributed by atoms with Crippen LogP contribution in [0.15, 0.2) is 5.38 Å². The molecule has 0 N–H and O–H groups in total. The van der Waals surface area contributed by atoms with Gasteiger partial charge >= 0.3 is 0 Å². The number of carbonyl (C=O) groups excluding carboxylic acids is 2. The molecule has 1 aromatic rings. The third kappa shape index (κ3) is 3.23. The van der Waals surface area contributed by atoms with E-state index in [9.17, 15) is 9.59 Å². The molecule has 1 spiro atoms. The van der Waals surface area contributed by atoms with Crippen molar-refractivity contribution in [3.8, 4) is 0 Å². The average molecular weight is 337 g/mol. The molecule has 3 rings (SSSR count). The summed E-state index contributed by atoms with van der Waals surface area (Å²) in [7, 11) is 4.05. The average Bonchev–Trinajstić information content (AvgIpc) is 3.16. The van der Waals surface area contributed by atoms with Crippen molar-refractivity contribution in [1.82, 2.24) is 24.3 Å². The van der Waals surface area contributed by atoms with E-state index < -0.39 is 0 Å². The van der Waals surface area contributed by atoms with Gasteiger partial charge in [0.2, 0.25) is 5.91 Å². The van der Waals surface area contributed by atoms with Crippen LogP contribution in [0.3, 0.4) is 0 Å². The van der Waals surface area contributed by atoms with Gasteiger partial charge in [0, 0.05) is 43.5 Å². The maximum absolute atomic E-state index is 12.4. The molecule has 2 fully saturated rings. The van der Waals surface area contributed by atoms with Crippen LogP contribution in [0.4, 0.5) is 0 Å². The molecule has 0 aromatic carbocycles. The summed E-state index contributed by atoms with van der Waals surface area (Å²) >= 11 is 1.19. The highest BCUT2D eigenvalue weighted by Crippen LogP contribution is 2.39. The summed E-state index contributed by atoms with van der Waals surface area (Å²) in [5.41, 5.74) is 0.377. The molecule has 2 aliphatic rings. The Morgan fingerprint density at radius 3 is 2.70 bits per heavy atom. The number of piperidine rings is 1. The van der Waals surface area contributed by atoms with Gasteiger partial charge in [-0.1, -0.05) is 4.49 Å². The number of aromatic nitrogens is 2. The van der Waals surface area contributed by atoms with Crippen LogP contribution >= 0.6 is 11.5 Å². The zero-order valence-corrected chi connectivity index (χ0v) is 14.5. The van der Waals surface area contributed by atoms with Gasteiger partial charge in [0.25, 0.3) is 5.91 Å². The highest BCUT2D eigenvalue weighted by atomic mass is 32.1. The molecule has 0 radical (unpaired) electrons. The summed E-state index contributed by atoms with van der Waals surface area (Å²) in [6.07, 6.45) is 3.27. The third-order valence-corrected chi connectivity index (χ3v) is 5.51. The van der Waals surface area contributed by atoms with Crippen LogP contribution in [0, 0.1) is 0 Å². The fraction of sp³-hybridized carbons (Fsp3) is 0.733. The highest BCUT2D eigenvalue weighted by Gasteiger charge is 2.47. The molecule has 2 saturated heterocycles. The second-order valence-corrected chi connectivity index (χ2v) is 7.27. The Morgan fingerprint density at radius 1 is 1.35 bits per heavy atom. The molecule has 8 heteroatoms. The first-order chi connectivity index (χ1) is 11.0. The number of likely N-dealkylation sites (N-methyl/N-ethyl adjacent to an activating group) is 1. The lowest BCUT2D eigenvalue weighted by molar-refractivity contribution is -0.132. The lowest BCUT2D eigenvalue weighted by Gasteiger charge is -2.45. The standard InChI is InChI=1S/C15H23N5O2S/c1-18(2)9-10-20-13(21)3-4-15(20)5-7-19(8-6-15)14(22)12-11-23-17-16-12/h11H,3-10H2,1-2H3. The van der Waals surface area contributed by atoms with Crippen LogP contribution in [0.5, 0.6) is 0 Å². The van der Waals surface area contributed by atoms with Gasteiger partial charge in [-0.05, 0) is 44.9 Å². The first-order valence-corrected chi connectivity index (χ1v) is 8.87. The Kier molecular flexibility index (Phi) is 4.63. The summed E-state index contributed by atoms with van der Waals surface area (Å²) in [6, 6.07) is 0. The maximum atomic E-state index is 12.4. The Hall–Kier alpha value is -1.54. The SMILES string of the molecule is CN(C)CCN1C(=O)CCC12CCN(C(=O)c1csnn1)CC2. The molecular weight excluding hydrogens is 314 g/mol. The van der Waals surface area contributed by atoms with E-state index in [2.05, 4.69) is 19.4 Å².